The van der Waals surface area contributed by atoms with Crippen molar-refractivity contribution < 1.29 is 10.2 Å². The van der Waals surface area contributed by atoms with Crippen LogP contribution in [0.3, 0.4) is 0 Å². The molecule has 0 atom stereocenters. The normalized spacial score (nSPS) is 4.29. The van der Waals surface area contributed by atoms with E-state index in [-0.39, 0.29) is 0 Å². The fourth-order valence-electron chi connectivity index (χ4n) is 0. The van der Waals surface area contributed by atoms with Gasteiger partial charge in [0, 0.05) is 0 Å². The van der Waals surface area contributed by atoms with Crippen LogP contribution in [0.5, 0.6) is 0 Å². The van der Waals surface area contributed by atoms with Crippen molar-refractivity contribution in [3.8, 4) is 0 Å². The maximum Gasteiger partial charge on any atom is 1.23 e. The lowest BCUT2D eigenvalue weighted by molar-refractivity contribution is -0.325. The van der Waals surface area contributed by atoms with Gasteiger partial charge >= 0.3 is 15.2 Å². The second-order valence-electron chi connectivity index (χ2n) is 0.577. The molecule has 0 amide bonds. The van der Waals surface area contributed by atoms with Gasteiger partial charge in [-0.3, -0.25) is 0 Å². The van der Waals surface area contributed by atoms with Crippen LogP contribution in [0, 0.1) is 0 Å². The van der Waals surface area contributed by atoms with E-state index >= 15 is 0 Å². The minimum absolute atomic E-state index is 0.750. The van der Waals surface area contributed by atoms with Gasteiger partial charge in [0.2, 0.25) is 0 Å². The molecule has 0 N–H and O–H groups in total. The molecule has 2 nitrogen and oxygen atoms in total. The highest BCUT2D eigenvalue weighted by Crippen LogP contribution is 1.36. The van der Waals surface area contributed by atoms with Crippen molar-refractivity contribution in [2.45, 2.75) is 11.6 Å². The van der Waals surface area contributed by atoms with E-state index in [1.807, 2.05) is 0 Å². The van der Waals surface area contributed by atoms with Crippen LogP contribution in [0.25, 0.3) is 0 Å². The quantitative estimate of drug-likeness (QED) is 0.374. The average molecular weight is 119 g/mol. The molecule has 5 radical (unpaired) electrons. The molecule has 0 aliphatic rings. The third-order valence-electron chi connectivity index (χ3n) is 0. The van der Waals surface area contributed by atoms with E-state index in [1.54, 1.807) is 0 Å². The van der Waals surface area contributed by atoms with Crippen LogP contribution in [0.2, 0.25) is 11.6 Å². The van der Waals surface area contributed by atoms with Crippen molar-refractivity contribution in [2.75, 3.05) is 14.2 Å². The van der Waals surface area contributed by atoms with E-state index in [2.05, 4.69) is 11.6 Å². The lowest BCUT2D eigenvalue weighted by Crippen LogP contribution is -1.81. The molecule has 43 valence electrons. The van der Waals surface area contributed by atoms with Crippen molar-refractivity contribution >= 4 is 15.2 Å². The molecule has 0 saturated heterocycles. The van der Waals surface area contributed by atoms with Gasteiger partial charge < -0.3 is 10.2 Å². The van der Waals surface area contributed by atoms with Crippen molar-refractivity contribution in [3.05, 3.63) is 0 Å². The van der Waals surface area contributed by atoms with Gasteiger partial charge in [0.25, 0.3) is 0 Å². The average Bonchev–Trinajstić information content (AvgIpc) is 1.78. The van der Waals surface area contributed by atoms with Crippen LogP contribution in [0.15, 0.2) is 0 Å². The van der Waals surface area contributed by atoms with Crippen LogP contribution in [0.1, 0.15) is 0 Å². The van der Waals surface area contributed by atoms with Gasteiger partial charge in [0.1, 0.15) is 11.6 Å². The van der Waals surface area contributed by atoms with Crippen molar-refractivity contribution in [1.29, 1.82) is 0 Å². The first-order valence-corrected chi connectivity index (χ1v) is 4.28. The minimum Gasteiger partial charge on any atom is -0.857 e. The predicted molar refractivity (Wildman–Crippen MR) is 29.3 cm³/mol. The molecule has 3 heteroatoms. The summed E-state index contributed by atoms with van der Waals surface area (Å²) in [5, 5.41) is 16.5. The van der Waals surface area contributed by atoms with Crippen LogP contribution < -0.4 is 10.2 Å². The smallest absolute Gasteiger partial charge is 0.857 e. The minimum atomic E-state index is 0.750. The molecule has 0 rings (SSSR count). The zero-order valence-corrected chi connectivity index (χ0v) is 6.55. The molecular weight excluding hydrogens is 107 g/mol. The molecular formula is C4H12AlO2. The molecule has 0 unspecified atom stereocenters. The third kappa shape index (κ3) is 625. The summed E-state index contributed by atoms with van der Waals surface area (Å²) in [5.41, 5.74) is 0. The molecule has 7 heavy (non-hydrogen) atoms. The molecule has 0 saturated carbocycles. The summed E-state index contributed by atoms with van der Waals surface area (Å²) in [6.45, 7) is 0. The van der Waals surface area contributed by atoms with Crippen LogP contribution in [0.4, 0.5) is 0 Å². The standard InChI is InChI=1S/2CH3O.2CH3.Al/c2*1-2;;;/h2*1H3;2*1H3;/q2*-1;;;+2. The highest BCUT2D eigenvalue weighted by atomic mass is 27.1. The number of hydrogen-bond donors (Lipinski definition) is 0. The van der Waals surface area contributed by atoms with Gasteiger partial charge in [-0.2, -0.15) is 14.2 Å². The maximum atomic E-state index is 8.25. The van der Waals surface area contributed by atoms with Gasteiger partial charge in [0.05, 0.1) is 0 Å². The Labute approximate surface area is 51.9 Å². The fraction of sp³-hybridized carbons (Fsp3) is 1.00. The first-order chi connectivity index (χ1) is 3.41. The highest BCUT2D eigenvalue weighted by molar-refractivity contribution is 6.31. The van der Waals surface area contributed by atoms with Gasteiger partial charge in [-0.1, -0.05) is 0 Å². The lowest BCUT2D eigenvalue weighted by Gasteiger charge is -1.57. The third-order valence-corrected chi connectivity index (χ3v) is 0. The van der Waals surface area contributed by atoms with Crippen molar-refractivity contribution in [2.24, 2.45) is 0 Å². The van der Waals surface area contributed by atoms with Crippen LogP contribution >= 0.6 is 0 Å². The van der Waals surface area contributed by atoms with Crippen molar-refractivity contribution in [3.63, 3.8) is 0 Å². The summed E-state index contributed by atoms with van der Waals surface area (Å²) in [6, 6.07) is 0. The largest absolute Gasteiger partial charge is 1.23 e. The summed E-state index contributed by atoms with van der Waals surface area (Å²) in [5.74, 6) is 4.42. The molecule has 0 aromatic carbocycles. The first-order valence-electron chi connectivity index (χ1n) is 1.97. The maximum absolute atomic E-state index is 8.25. The van der Waals surface area contributed by atoms with Crippen molar-refractivity contribution in [1.82, 2.24) is 0 Å². The lowest BCUT2D eigenvalue weighted by atomic mass is 11.8. The van der Waals surface area contributed by atoms with Crippen LogP contribution in [-0.2, 0) is 0 Å². The molecule has 0 bridgehead atoms. The molecule has 0 aromatic heterocycles. The molecule has 0 spiro atoms. The first kappa shape index (κ1) is 15.7. The Morgan fingerprint density at radius 1 is 0.857 bits per heavy atom. The summed E-state index contributed by atoms with van der Waals surface area (Å²) in [7, 11) is 1.50. The Morgan fingerprint density at radius 3 is 0.857 bits per heavy atom. The second-order valence-corrected chi connectivity index (χ2v) is 1.73. The van der Waals surface area contributed by atoms with Crippen LogP contribution in [-0.4, -0.2) is 29.4 Å². The van der Waals surface area contributed by atoms with E-state index in [1.165, 1.54) is 0 Å². The number of hydrogen-bond acceptors (Lipinski definition) is 2. The molecule has 0 aliphatic heterocycles. The molecule has 0 aromatic rings. The topological polar surface area (TPSA) is 46.1 Å². The Kier molecular flexibility index (Phi) is 203. The number of rotatable bonds is 0. The Balaban J connectivity index is -0.0000000360. The zero-order chi connectivity index (χ0) is 6.71. The summed E-state index contributed by atoms with van der Waals surface area (Å²) in [4.78, 5) is 0. The summed E-state index contributed by atoms with van der Waals surface area (Å²) < 4.78 is 0. The van der Waals surface area contributed by atoms with Gasteiger partial charge in [0.15, 0.2) is 0 Å². The summed E-state index contributed by atoms with van der Waals surface area (Å²) >= 11 is 0.750. The molecule has 0 aliphatic carbocycles. The van der Waals surface area contributed by atoms with Gasteiger partial charge in [-0.05, 0) is 0 Å². The molecule has 0 fully saturated rings. The Bertz CT molecular complexity index is 9.65. The van der Waals surface area contributed by atoms with E-state index in [0.717, 1.165) is 29.4 Å². The van der Waals surface area contributed by atoms with E-state index < -0.39 is 0 Å². The van der Waals surface area contributed by atoms with E-state index in [9.17, 15) is 0 Å². The summed E-state index contributed by atoms with van der Waals surface area (Å²) in [6.07, 6.45) is 0. The van der Waals surface area contributed by atoms with E-state index in [0.29, 0.717) is 0 Å². The second kappa shape index (κ2) is 90.9. The SMILES string of the molecule is C[O-].C[O-].[CH3][Al+2][CH3]. The molecule has 0 heterocycles. The predicted octanol–water partition coefficient (Wildman–Crippen LogP) is -1.26. The fourth-order valence-corrected chi connectivity index (χ4v) is 0. The highest BCUT2D eigenvalue weighted by Gasteiger charge is 2.20. The van der Waals surface area contributed by atoms with Gasteiger partial charge in [-0.25, -0.2) is 0 Å². The van der Waals surface area contributed by atoms with Gasteiger partial charge in [-0.15, -0.1) is 0 Å². The zero-order valence-electron chi connectivity index (χ0n) is 5.39. The monoisotopic (exact) mass is 119 g/mol. The Hall–Kier alpha value is 0.452. The Morgan fingerprint density at radius 2 is 0.857 bits per heavy atom. The van der Waals surface area contributed by atoms with E-state index in [4.69, 9.17) is 10.2 Å².